The van der Waals surface area contributed by atoms with Gasteiger partial charge in [0, 0.05) is 19.2 Å². The topological polar surface area (TPSA) is 64.6 Å². The molecule has 1 amide bonds. The van der Waals surface area contributed by atoms with Crippen molar-refractivity contribution >= 4 is 38.4 Å². The van der Waals surface area contributed by atoms with Gasteiger partial charge in [0.2, 0.25) is 0 Å². The molecule has 0 radical (unpaired) electrons. The third-order valence-corrected chi connectivity index (χ3v) is 4.94. The number of carbonyl (C=O) groups excluding carboxylic acids is 1. The quantitative estimate of drug-likeness (QED) is 0.515. The summed E-state index contributed by atoms with van der Waals surface area (Å²) in [6.07, 6.45) is 0. The van der Waals surface area contributed by atoms with Gasteiger partial charge in [-0.2, -0.15) is 4.99 Å². The highest BCUT2D eigenvalue weighted by atomic mass is 32.1. The Morgan fingerprint density at radius 2 is 1.96 bits per heavy atom. The van der Waals surface area contributed by atoms with Crippen molar-refractivity contribution in [2.24, 2.45) is 12.0 Å². The van der Waals surface area contributed by atoms with E-state index in [2.05, 4.69) is 4.99 Å². The highest BCUT2D eigenvalue weighted by Gasteiger charge is 2.14. The molecule has 0 saturated heterocycles. The number of para-hydroxylation sites is 1. The van der Waals surface area contributed by atoms with Crippen molar-refractivity contribution in [3.63, 3.8) is 0 Å². The Morgan fingerprint density at radius 1 is 1.19 bits per heavy atom. The summed E-state index contributed by atoms with van der Waals surface area (Å²) in [6, 6.07) is 9.55. The molecule has 8 heteroatoms. The molecule has 0 fully saturated rings. The zero-order valence-electron chi connectivity index (χ0n) is 13.3. The predicted octanol–water partition coefficient (Wildman–Crippen LogP) is 3.37. The SMILES string of the molecule is Cn1c(=NC(=O)c2cc(=O)c3ccccc3o2)sc2cc(F)cc(F)c21. The first-order valence-corrected chi connectivity index (χ1v) is 8.32. The summed E-state index contributed by atoms with van der Waals surface area (Å²) in [5.41, 5.74) is 0.0505. The van der Waals surface area contributed by atoms with Gasteiger partial charge in [-0.25, -0.2) is 8.78 Å². The molecule has 5 nitrogen and oxygen atoms in total. The van der Waals surface area contributed by atoms with Crippen LogP contribution >= 0.6 is 11.3 Å². The summed E-state index contributed by atoms with van der Waals surface area (Å²) < 4.78 is 34.5. The summed E-state index contributed by atoms with van der Waals surface area (Å²) in [5, 5.41) is 0.356. The number of fused-ring (bicyclic) bond motifs is 2. The highest BCUT2D eigenvalue weighted by molar-refractivity contribution is 7.16. The Hall–Kier alpha value is -3.13. The van der Waals surface area contributed by atoms with Crippen LogP contribution in [0.4, 0.5) is 8.78 Å². The Balaban J connectivity index is 1.88. The lowest BCUT2D eigenvalue weighted by Crippen LogP contribution is -2.14. The van der Waals surface area contributed by atoms with Gasteiger partial charge in [0.25, 0.3) is 0 Å². The van der Waals surface area contributed by atoms with Crippen LogP contribution in [0.25, 0.3) is 21.2 Å². The van der Waals surface area contributed by atoms with Crippen LogP contribution in [0.3, 0.4) is 0 Å². The van der Waals surface area contributed by atoms with Crippen molar-refractivity contribution < 1.29 is 18.0 Å². The van der Waals surface area contributed by atoms with Crippen molar-refractivity contribution in [3.8, 4) is 0 Å². The summed E-state index contributed by atoms with van der Waals surface area (Å²) >= 11 is 0.959. The molecule has 2 heterocycles. The third-order valence-electron chi connectivity index (χ3n) is 3.86. The van der Waals surface area contributed by atoms with E-state index in [1.807, 2.05) is 0 Å². The third kappa shape index (κ3) is 2.64. The van der Waals surface area contributed by atoms with E-state index in [0.717, 1.165) is 23.5 Å². The fourth-order valence-electron chi connectivity index (χ4n) is 2.66. The number of halogens is 2. The Labute approximate surface area is 148 Å². The van der Waals surface area contributed by atoms with E-state index >= 15 is 0 Å². The Bertz CT molecular complexity index is 1320. The lowest BCUT2D eigenvalue weighted by Gasteiger charge is -1.99. The maximum atomic E-state index is 14.0. The zero-order chi connectivity index (χ0) is 18.4. The molecule has 0 bridgehead atoms. The maximum Gasteiger partial charge on any atom is 0.315 e. The smallest absolute Gasteiger partial charge is 0.315 e. The first-order chi connectivity index (χ1) is 12.4. The normalized spacial score (nSPS) is 12.2. The summed E-state index contributed by atoms with van der Waals surface area (Å²) in [4.78, 5) is 28.6. The molecule has 0 aliphatic heterocycles. The molecule has 0 N–H and O–H groups in total. The van der Waals surface area contributed by atoms with Gasteiger partial charge in [-0.1, -0.05) is 23.5 Å². The molecule has 0 atom stereocenters. The van der Waals surface area contributed by atoms with E-state index in [-0.39, 0.29) is 27.1 Å². The van der Waals surface area contributed by atoms with Crippen molar-refractivity contribution in [2.75, 3.05) is 0 Å². The molecule has 0 aliphatic rings. The average Bonchev–Trinajstić information content (AvgIpc) is 2.90. The van der Waals surface area contributed by atoms with Crippen LogP contribution in [-0.4, -0.2) is 10.5 Å². The number of rotatable bonds is 1. The fraction of sp³-hybridized carbons (Fsp3) is 0.0556. The summed E-state index contributed by atoms with van der Waals surface area (Å²) in [7, 11) is 1.52. The molecule has 2 aromatic heterocycles. The first-order valence-electron chi connectivity index (χ1n) is 7.50. The van der Waals surface area contributed by atoms with Crippen LogP contribution in [0.2, 0.25) is 0 Å². The fourth-order valence-corrected chi connectivity index (χ4v) is 3.71. The van der Waals surface area contributed by atoms with E-state index < -0.39 is 17.5 Å². The van der Waals surface area contributed by atoms with E-state index in [9.17, 15) is 18.4 Å². The van der Waals surface area contributed by atoms with Gasteiger partial charge in [-0.3, -0.25) is 9.59 Å². The van der Waals surface area contributed by atoms with Crippen molar-refractivity contribution in [3.05, 3.63) is 74.9 Å². The van der Waals surface area contributed by atoms with E-state index in [4.69, 9.17) is 4.42 Å². The Kier molecular flexibility index (Phi) is 3.77. The van der Waals surface area contributed by atoms with Crippen molar-refractivity contribution in [1.29, 1.82) is 0 Å². The lowest BCUT2D eigenvalue weighted by molar-refractivity contribution is 0.0972. The number of thiazole rings is 1. The van der Waals surface area contributed by atoms with Crippen LogP contribution in [0, 0.1) is 11.6 Å². The van der Waals surface area contributed by atoms with Crippen LogP contribution < -0.4 is 10.2 Å². The number of hydrogen-bond acceptors (Lipinski definition) is 4. The zero-order valence-corrected chi connectivity index (χ0v) is 14.1. The second kappa shape index (κ2) is 5.99. The molecule has 0 spiro atoms. The molecule has 130 valence electrons. The maximum absolute atomic E-state index is 14.0. The molecule has 2 aromatic carbocycles. The highest BCUT2D eigenvalue weighted by Crippen LogP contribution is 2.21. The largest absolute Gasteiger partial charge is 0.451 e. The minimum Gasteiger partial charge on any atom is -0.451 e. The van der Waals surface area contributed by atoms with E-state index in [0.29, 0.717) is 10.1 Å². The first kappa shape index (κ1) is 16.3. The minimum absolute atomic E-state index is 0.142. The van der Waals surface area contributed by atoms with Gasteiger partial charge >= 0.3 is 5.91 Å². The molecule has 4 rings (SSSR count). The standard InChI is InChI=1S/C18H10F2N2O3S/c1-22-16-11(20)6-9(19)7-15(16)26-18(22)21-17(24)14-8-12(23)10-4-2-3-5-13(10)25-14/h2-8H,1H3. The second-order valence-corrected chi connectivity index (χ2v) is 6.58. The minimum atomic E-state index is -0.782. The van der Waals surface area contributed by atoms with Crippen LogP contribution in [-0.2, 0) is 7.05 Å². The molecule has 0 aliphatic carbocycles. The molecule has 0 saturated carbocycles. The number of amides is 1. The van der Waals surface area contributed by atoms with Crippen molar-refractivity contribution in [2.45, 2.75) is 0 Å². The van der Waals surface area contributed by atoms with E-state index in [1.165, 1.54) is 17.7 Å². The van der Waals surface area contributed by atoms with Gasteiger partial charge < -0.3 is 8.98 Å². The summed E-state index contributed by atoms with van der Waals surface area (Å²) in [6.45, 7) is 0. The monoisotopic (exact) mass is 372 g/mol. The predicted molar refractivity (Wildman–Crippen MR) is 93.1 cm³/mol. The van der Waals surface area contributed by atoms with Crippen LogP contribution in [0.1, 0.15) is 10.6 Å². The van der Waals surface area contributed by atoms with E-state index in [1.54, 1.807) is 24.3 Å². The van der Waals surface area contributed by atoms with Crippen LogP contribution in [0.15, 0.2) is 56.7 Å². The number of benzene rings is 2. The number of carbonyl (C=O) groups is 1. The number of aromatic nitrogens is 1. The Morgan fingerprint density at radius 3 is 2.77 bits per heavy atom. The van der Waals surface area contributed by atoms with Gasteiger partial charge in [-0.15, -0.1) is 0 Å². The molecule has 4 aromatic rings. The second-order valence-electron chi connectivity index (χ2n) is 5.57. The van der Waals surface area contributed by atoms with Gasteiger partial charge in [0.1, 0.15) is 11.4 Å². The average molecular weight is 372 g/mol. The number of aryl methyl sites for hydroxylation is 1. The number of nitrogens with zero attached hydrogens (tertiary/aromatic N) is 2. The van der Waals surface area contributed by atoms with Gasteiger partial charge in [0.05, 0.1) is 15.6 Å². The van der Waals surface area contributed by atoms with Crippen LogP contribution in [0.5, 0.6) is 0 Å². The molecule has 26 heavy (non-hydrogen) atoms. The number of hydrogen-bond donors (Lipinski definition) is 0. The molecule has 0 unspecified atom stereocenters. The van der Waals surface area contributed by atoms with Gasteiger partial charge in [-0.05, 0) is 18.2 Å². The molecular formula is C18H10F2N2O3S. The van der Waals surface area contributed by atoms with Gasteiger partial charge in [0.15, 0.2) is 21.8 Å². The molecular weight excluding hydrogens is 362 g/mol. The van der Waals surface area contributed by atoms with Crippen molar-refractivity contribution in [1.82, 2.24) is 4.57 Å². The summed E-state index contributed by atoms with van der Waals surface area (Å²) in [5.74, 6) is -2.46. The lowest BCUT2D eigenvalue weighted by atomic mass is 10.2.